The van der Waals surface area contributed by atoms with Crippen LogP contribution in [0.4, 0.5) is 5.69 Å². The Morgan fingerprint density at radius 1 is 1.20 bits per heavy atom. The molecule has 2 heterocycles. The standard InChI is InChI=1S/C24H28N4O2/c1-16(2)9-12-27-19-8-7-17(14-25)13-18(19)26-22(27)15-28-20-5-3-4-6-21(20)30-24(10-11-24)23(28)29/h3-8,13,16H,9-12,14-15,25H2,1-2H3. The average molecular weight is 405 g/mol. The van der Waals surface area contributed by atoms with Crippen LogP contribution in [-0.2, 0) is 24.4 Å². The number of benzene rings is 2. The fourth-order valence-electron chi connectivity index (χ4n) is 4.21. The predicted octanol–water partition coefficient (Wildman–Crippen LogP) is 4.00. The Kier molecular flexibility index (Phi) is 4.54. The second kappa shape index (κ2) is 7.13. The molecule has 1 amide bonds. The Morgan fingerprint density at radius 3 is 2.73 bits per heavy atom. The van der Waals surface area contributed by atoms with Crippen LogP contribution in [0.25, 0.3) is 11.0 Å². The predicted molar refractivity (Wildman–Crippen MR) is 117 cm³/mol. The van der Waals surface area contributed by atoms with Gasteiger partial charge in [-0.25, -0.2) is 4.98 Å². The third kappa shape index (κ3) is 3.16. The van der Waals surface area contributed by atoms with Gasteiger partial charge < -0.3 is 15.0 Å². The molecule has 156 valence electrons. The van der Waals surface area contributed by atoms with Crippen molar-refractivity contribution in [1.82, 2.24) is 9.55 Å². The lowest BCUT2D eigenvalue weighted by Crippen LogP contribution is -2.47. The van der Waals surface area contributed by atoms with E-state index < -0.39 is 5.60 Å². The van der Waals surface area contributed by atoms with Crippen LogP contribution in [0.15, 0.2) is 42.5 Å². The fraction of sp³-hybridized carbons (Fsp3) is 0.417. The smallest absolute Gasteiger partial charge is 0.271 e. The number of fused-ring (bicyclic) bond motifs is 2. The lowest BCUT2D eigenvalue weighted by molar-refractivity contribution is -0.128. The maximum absolute atomic E-state index is 13.3. The summed E-state index contributed by atoms with van der Waals surface area (Å²) in [5, 5.41) is 0. The van der Waals surface area contributed by atoms with E-state index in [-0.39, 0.29) is 5.91 Å². The maximum atomic E-state index is 13.3. The van der Waals surface area contributed by atoms with Crippen molar-refractivity contribution < 1.29 is 9.53 Å². The Hall–Kier alpha value is -2.86. The summed E-state index contributed by atoms with van der Waals surface area (Å²) in [6.07, 6.45) is 2.61. The van der Waals surface area contributed by atoms with E-state index in [1.165, 1.54) is 0 Å². The van der Waals surface area contributed by atoms with Gasteiger partial charge in [-0.1, -0.05) is 32.0 Å². The summed E-state index contributed by atoms with van der Waals surface area (Å²) in [6, 6.07) is 14.0. The van der Waals surface area contributed by atoms with Crippen LogP contribution in [0.2, 0.25) is 0 Å². The number of amides is 1. The van der Waals surface area contributed by atoms with Gasteiger partial charge in [0.05, 0.1) is 23.3 Å². The van der Waals surface area contributed by atoms with Crippen molar-refractivity contribution in [2.45, 2.75) is 58.3 Å². The minimum Gasteiger partial charge on any atom is -0.475 e. The molecule has 2 aromatic carbocycles. The second-order valence-corrected chi connectivity index (χ2v) is 8.84. The van der Waals surface area contributed by atoms with E-state index in [4.69, 9.17) is 15.5 Å². The minimum absolute atomic E-state index is 0.0475. The monoisotopic (exact) mass is 404 g/mol. The molecule has 3 aromatic rings. The number of carbonyl (C=O) groups is 1. The zero-order valence-corrected chi connectivity index (χ0v) is 17.6. The third-order valence-corrected chi connectivity index (χ3v) is 6.16. The summed E-state index contributed by atoms with van der Waals surface area (Å²) >= 11 is 0. The molecule has 1 saturated carbocycles. The van der Waals surface area contributed by atoms with Gasteiger partial charge in [0.1, 0.15) is 11.6 Å². The molecular weight excluding hydrogens is 376 g/mol. The summed E-state index contributed by atoms with van der Waals surface area (Å²) < 4.78 is 8.34. The number of nitrogens with zero attached hydrogens (tertiary/aromatic N) is 3. The molecule has 0 bridgehead atoms. The first-order valence-corrected chi connectivity index (χ1v) is 10.8. The van der Waals surface area contributed by atoms with Crippen LogP contribution in [0.1, 0.15) is 44.5 Å². The zero-order valence-electron chi connectivity index (χ0n) is 17.6. The molecule has 0 unspecified atom stereocenters. The lowest BCUT2D eigenvalue weighted by Gasteiger charge is -2.34. The number of nitrogens with two attached hydrogens (primary N) is 1. The normalized spacial score (nSPS) is 16.9. The lowest BCUT2D eigenvalue weighted by atomic mass is 10.1. The van der Waals surface area contributed by atoms with Gasteiger partial charge >= 0.3 is 0 Å². The first-order valence-electron chi connectivity index (χ1n) is 10.8. The van der Waals surface area contributed by atoms with Gasteiger partial charge in [0.15, 0.2) is 5.60 Å². The maximum Gasteiger partial charge on any atom is 0.271 e. The van der Waals surface area contributed by atoms with E-state index >= 15 is 0 Å². The highest BCUT2D eigenvalue weighted by Crippen LogP contribution is 2.49. The summed E-state index contributed by atoms with van der Waals surface area (Å²) in [5.41, 5.74) is 9.09. The molecule has 1 aliphatic heterocycles. The van der Waals surface area contributed by atoms with Gasteiger partial charge in [-0.15, -0.1) is 0 Å². The van der Waals surface area contributed by atoms with Crippen LogP contribution in [0.3, 0.4) is 0 Å². The zero-order chi connectivity index (χ0) is 20.9. The number of aromatic nitrogens is 2. The van der Waals surface area contributed by atoms with E-state index in [9.17, 15) is 4.79 Å². The van der Waals surface area contributed by atoms with Gasteiger partial charge in [-0.2, -0.15) is 0 Å². The topological polar surface area (TPSA) is 73.4 Å². The van der Waals surface area contributed by atoms with Crippen molar-refractivity contribution >= 4 is 22.6 Å². The van der Waals surface area contributed by atoms with Crippen LogP contribution in [-0.4, -0.2) is 21.1 Å². The molecule has 2 aliphatic rings. The van der Waals surface area contributed by atoms with Gasteiger partial charge in [0, 0.05) is 25.9 Å². The van der Waals surface area contributed by atoms with Crippen LogP contribution >= 0.6 is 0 Å². The van der Waals surface area contributed by atoms with Gasteiger partial charge in [0.2, 0.25) is 0 Å². The van der Waals surface area contributed by atoms with Crippen molar-refractivity contribution in [3.8, 4) is 5.75 Å². The van der Waals surface area contributed by atoms with Gasteiger partial charge in [-0.05, 0) is 42.2 Å². The minimum atomic E-state index is -0.671. The van der Waals surface area contributed by atoms with E-state index in [1.54, 1.807) is 0 Å². The number of para-hydroxylation sites is 2. The Morgan fingerprint density at radius 2 is 2.00 bits per heavy atom. The summed E-state index contributed by atoms with van der Waals surface area (Å²) in [4.78, 5) is 20.1. The number of carbonyl (C=O) groups excluding carboxylic acids is 1. The number of imidazole rings is 1. The van der Waals surface area contributed by atoms with E-state index in [0.717, 1.165) is 59.7 Å². The number of rotatable bonds is 6. The molecular formula is C24H28N4O2. The highest BCUT2D eigenvalue weighted by atomic mass is 16.5. The van der Waals surface area contributed by atoms with Crippen molar-refractivity contribution in [2.24, 2.45) is 11.7 Å². The molecule has 30 heavy (non-hydrogen) atoms. The molecule has 1 fully saturated rings. The van der Waals surface area contributed by atoms with Gasteiger partial charge in [0.25, 0.3) is 5.91 Å². The van der Waals surface area contributed by atoms with Crippen molar-refractivity contribution in [3.05, 3.63) is 53.9 Å². The molecule has 0 radical (unpaired) electrons. The first-order chi connectivity index (χ1) is 14.5. The number of aryl methyl sites for hydroxylation is 1. The van der Waals surface area contributed by atoms with Crippen molar-refractivity contribution in [1.29, 1.82) is 0 Å². The average Bonchev–Trinajstić information content (AvgIpc) is 3.43. The quantitative estimate of drug-likeness (QED) is 0.674. The van der Waals surface area contributed by atoms with E-state index in [0.29, 0.717) is 19.0 Å². The number of hydrogen-bond acceptors (Lipinski definition) is 4. The largest absolute Gasteiger partial charge is 0.475 e. The van der Waals surface area contributed by atoms with Crippen molar-refractivity contribution in [3.63, 3.8) is 0 Å². The van der Waals surface area contributed by atoms with Crippen molar-refractivity contribution in [2.75, 3.05) is 4.90 Å². The van der Waals surface area contributed by atoms with Crippen LogP contribution < -0.4 is 15.4 Å². The third-order valence-electron chi connectivity index (χ3n) is 6.16. The molecule has 0 saturated heterocycles. The molecule has 6 nitrogen and oxygen atoms in total. The highest BCUT2D eigenvalue weighted by molar-refractivity contribution is 6.04. The van der Waals surface area contributed by atoms with Crippen LogP contribution in [0.5, 0.6) is 5.75 Å². The highest BCUT2D eigenvalue weighted by Gasteiger charge is 2.58. The van der Waals surface area contributed by atoms with E-state index in [2.05, 4.69) is 36.6 Å². The molecule has 2 N–H and O–H groups in total. The Bertz CT molecular complexity index is 1110. The molecule has 1 aliphatic carbocycles. The number of anilines is 1. The molecule has 6 heteroatoms. The van der Waals surface area contributed by atoms with E-state index in [1.807, 2.05) is 29.2 Å². The first kappa shape index (κ1) is 19.1. The number of hydrogen-bond donors (Lipinski definition) is 1. The molecule has 5 rings (SSSR count). The summed E-state index contributed by atoms with van der Waals surface area (Å²) in [5.74, 6) is 2.32. The molecule has 1 spiro atoms. The number of ether oxygens (including phenoxy) is 1. The van der Waals surface area contributed by atoms with Crippen LogP contribution in [0, 0.1) is 5.92 Å². The Balaban J connectivity index is 1.57. The molecule has 0 atom stereocenters. The summed E-state index contributed by atoms with van der Waals surface area (Å²) in [7, 11) is 0. The SMILES string of the molecule is CC(C)CCn1c(CN2C(=O)C3(CC3)Oc3ccccc32)nc2cc(CN)ccc21. The fourth-order valence-corrected chi connectivity index (χ4v) is 4.21. The van der Waals surface area contributed by atoms with Gasteiger partial charge in [-0.3, -0.25) is 9.69 Å². The molecule has 1 aromatic heterocycles. The second-order valence-electron chi connectivity index (χ2n) is 8.84. The Labute approximate surface area is 176 Å². The summed E-state index contributed by atoms with van der Waals surface area (Å²) in [6.45, 7) is 6.25.